The number of fused-ring (bicyclic) bond motifs is 1. The average molecular weight is 259 g/mol. The lowest BCUT2D eigenvalue weighted by Crippen LogP contribution is -2.34. The van der Waals surface area contributed by atoms with Gasteiger partial charge in [0.2, 0.25) is 11.9 Å². The van der Waals surface area contributed by atoms with Crippen LogP contribution in [-0.4, -0.2) is 38.4 Å². The van der Waals surface area contributed by atoms with Crippen LogP contribution in [0.15, 0.2) is 18.5 Å². The van der Waals surface area contributed by atoms with Crippen molar-refractivity contribution in [1.29, 1.82) is 0 Å². The quantitative estimate of drug-likeness (QED) is 0.879. The van der Waals surface area contributed by atoms with Gasteiger partial charge < -0.3 is 10.6 Å². The lowest BCUT2D eigenvalue weighted by atomic mass is 10.2. The number of nitrogen functional groups attached to an aromatic ring is 1. The van der Waals surface area contributed by atoms with E-state index in [-0.39, 0.29) is 11.9 Å². The molecule has 0 bridgehead atoms. The second-order valence-corrected chi connectivity index (χ2v) is 4.91. The first kappa shape index (κ1) is 12.0. The summed E-state index contributed by atoms with van der Waals surface area (Å²) in [6.07, 6.45) is 5.52. The maximum absolute atomic E-state index is 12.4. The summed E-state index contributed by atoms with van der Waals surface area (Å²) in [5.41, 5.74) is 7.52. The van der Waals surface area contributed by atoms with Crippen LogP contribution in [0.4, 0.5) is 5.95 Å². The van der Waals surface area contributed by atoms with Crippen LogP contribution in [0.5, 0.6) is 0 Å². The van der Waals surface area contributed by atoms with E-state index in [4.69, 9.17) is 5.73 Å². The van der Waals surface area contributed by atoms with E-state index < -0.39 is 0 Å². The highest BCUT2D eigenvalue weighted by Gasteiger charge is 2.26. The van der Waals surface area contributed by atoms with Crippen LogP contribution in [-0.2, 0) is 4.79 Å². The molecule has 3 heterocycles. The van der Waals surface area contributed by atoms with Gasteiger partial charge in [0, 0.05) is 19.3 Å². The Bertz CT molecular complexity index is 615. The van der Waals surface area contributed by atoms with Crippen molar-refractivity contribution in [2.75, 3.05) is 18.8 Å². The SMILES string of the molecule is CC(C(=O)N1CCCC1)n1c(N)nc2cnccc21. The predicted octanol–water partition coefficient (Wildman–Crippen LogP) is 1.20. The topological polar surface area (TPSA) is 77.0 Å². The Morgan fingerprint density at radius 1 is 1.42 bits per heavy atom. The summed E-state index contributed by atoms with van der Waals surface area (Å²) in [4.78, 5) is 22.6. The number of pyridine rings is 1. The lowest BCUT2D eigenvalue weighted by molar-refractivity contribution is -0.133. The summed E-state index contributed by atoms with van der Waals surface area (Å²) in [6, 6.07) is 1.51. The molecule has 0 saturated carbocycles. The van der Waals surface area contributed by atoms with Gasteiger partial charge in [0.25, 0.3) is 0 Å². The molecular weight excluding hydrogens is 242 g/mol. The highest BCUT2D eigenvalue weighted by molar-refractivity contribution is 5.85. The van der Waals surface area contributed by atoms with Gasteiger partial charge in [0.15, 0.2) is 0 Å². The third kappa shape index (κ3) is 1.93. The zero-order valence-electron chi connectivity index (χ0n) is 10.9. The standard InChI is InChI=1S/C13H17N5O/c1-9(12(19)17-6-2-3-7-17)18-11-4-5-15-8-10(11)16-13(18)14/h4-5,8-9H,2-3,6-7H2,1H3,(H2,14,16). The molecule has 1 fully saturated rings. The van der Waals surface area contributed by atoms with Crippen molar-refractivity contribution < 1.29 is 4.79 Å². The molecule has 6 nitrogen and oxygen atoms in total. The Balaban J connectivity index is 1.98. The van der Waals surface area contributed by atoms with Crippen molar-refractivity contribution in [3.8, 4) is 0 Å². The third-order valence-electron chi connectivity index (χ3n) is 3.68. The number of likely N-dealkylation sites (tertiary alicyclic amines) is 1. The minimum atomic E-state index is -0.328. The van der Waals surface area contributed by atoms with Crippen LogP contribution < -0.4 is 5.73 Å². The molecular formula is C13H17N5O. The molecule has 2 aromatic rings. The molecule has 1 amide bonds. The van der Waals surface area contributed by atoms with Crippen LogP contribution in [0.2, 0.25) is 0 Å². The van der Waals surface area contributed by atoms with Gasteiger partial charge in [0.05, 0.1) is 11.7 Å². The highest BCUT2D eigenvalue weighted by atomic mass is 16.2. The molecule has 0 aliphatic carbocycles. The van der Waals surface area contributed by atoms with Crippen LogP contribution in [0.3, 0.4) is 0 Å². The van der Waals surface area contributed by atoms with E-state index in [0.29, 0.717) is 5.95 Å². The van der Waals surface area contributed by atoms with Gasteiger partial charge in [-0.3, -0.25) is 14.3 Å². The summed E-state index contributed by atoms with van der Waals surface area (Å²) >= 11 is 0. The monoisotopic (exact) mass is 259 g/mol. The predicted molar refractivity (Wildman–Crippen MR) is 72.5 cm³/mol. The van der Waals surface area contributed by atoms with Crippen molar-refractivity contribution in [3.05, 3.63) is 18.5 Å². The number of carbonyl (C=O) groups excluding carboxylic acids is 1. The number of nitrogens with zero attached hydrogens (tertiary/aromatic N) is 4. The first-order valence-electron chi connectivity index (χ1n) is 6.54. The minimum absolute atomic E-state index is 0.111. The van der Waals surface area contributed by atoms with Gasteiger partial charge >= 0.3 is 0 Å². The van der Waals surface area contributed by atoms with E-state index in [1.165, 1.54) is 0 Å². The number of aromatic nitrogens is 3. The van der Waals surface area contributed by atoms with Gasteiger partial charge in [-0.1, -0.05) is 0 Å². The van der Waals surface area contributed by atoms with Crippen molar-refractivity contribution in [2.24, 2.45) is 0 Å². The van der Waals surface area contributed by atoms with Crippen LogP contribution >= 0.6 is 0 Å². The van der Waals surface area contributed by atoms with E-state index in [1.807, 2.05) is 17.9 Å². The number of nitrogens with two attached hydrogens (primary N) is 1. The molecule has 3 rings (SSSR count). The van der Waals surface area contributed by atoms with Crippen molar-refractivity contribution in [3.63, 3.8) is 0 Å². The van der Waals surface area contributed by atoms with E-state index in [0.717, 1.165) is 37.0 Å². The molecule has 2 aromatic heterocycles. The van der Waals surface area contributed by atoms with Gasteiger partial charge in [-0.25, -0.2) is 4.98 Å². The molecule has 0 spiro atoms. The summed E-state index contributed by atoms with van der Waals surface area (Å²) in [5.74, 6) is 0.475. The first-order chi connectivity index (χ1) is 9.18. The molecule has 2 N–H and O–H groups in total. The number of hydrogen-bond acceptors (Lipinski definition) is 4. The second kappa shape index (κ2) is 4.53. The first-order valence-corrected chi connectivity index (χ1v) is 6.54. The van der Waals surface area contributed by atoms with E-state index in [9.17, 15) is 4.79 Å². The maximum atomic E-state index is 12.4. The number of amides is 1. The normalized spacial score (nSPS) is 17.0. The fraction of sp³-hybridized carbons (Fsp3) is 0.462. The summed E-state index contributed by atoms with van der Waals surface area (Å²) in [6.45, 7) is 3.56. The number of anilines is 1. The molecule has 1 aliphatic rings. The Morgan fingerprint density at radius 3 is 2.89 bits per heavy atom. The molecule has 0 radical (unpaired) electrons. The summed E-state index contributed by atoms with van der Waals surface area (Å²) in [7, 11) is 0. The Labute approximate surface area is 111 Å². The van der Waals surface area contributed by atoms with Crippen LogP contribution in [0.25, 0.3) is 11.0 Å². The lowest BCUT2D eigenvalue weighted by Gasteiger charge is -2.22. The van der Waals surface area contributed by atoms with E-state index >= 15 is 0 Å². The van der Waals surface area contributed by atoms with Crippen molar-refractivity contribution in [2.45, 2.75) is 25.8 Å². The largest absolute Gasteiger partial charge is 0.369 e. The Kier molecular flexibility index (Phi) is 2.85. The van der Waals surface area contributed by atoms with Gasteiger partial charge in [-0.05, 0) is 25.8 Å². The smallest absolute Gasteiger partial charge is 0.245 e. The minimum Gasteiger partial charge on any atom is -0.369 e. The van der Waals surface area contributed by atoms with Gasteiger partial charge in [0.1, 0.15) is 11.6 Å². The van der Waals surface area contributed by atoms with E-state index in [2.05, 4.69) is 9.97 Å². The molecule has 1 saturated heterocycles. The molecule has 0 aromatic carbocycles. The van der Waals surface area contributed by atoms with Gasteiger partial charge in [-0.2, -0.15) is 0 Å². The molecule has 1 atom stereocenters. The molecule has 100 valence electrons. The van der Waals surface area contributed by atoms with E-state index in [1.54, 1.807) is 17.0 Å². The van der Waals surface area contributed by atoms with Crippen LogP contribution in [0, 0.1) is 0 Å². The number of rotatable bonds is 2. The molecule has 6 heteroatoms. The zero-order chi connectivity index (χ0) is 13.4. The molecule has 19 heavy (non-hydrogen) atoms. The Morgan fingerprint density at radius 2 is 2.16 bits per heavy atom. The van der Waals surface area contributed by atoms with Gasteiger partial charge in [-0.15, -0.1) is 0 Å². The number of imidazole rings is 1. The van der Waals surface area contributed by atoms with Crippen LogP contribution in [0.1, 0.15) is 25.8 Å². The fourth-order valence-electron chi connectivity index (χ4n) is 2.69. The summed E-state index contributed by atoms with van der Waals surface area (Å²) in [5, 5.41) is 0. The van der Waals surface area contributed by atoms with Crippen molar-refractivity contribution in [1.82, 2.24) is 19.4 Å². The Hall–Kier alpha value is -2.11. The zero-order valence-corrected chi connectivity index (χ0v) is 10.9. The molecule has 1 aliphatic heterocycles. The molecule has 1 unspecified atom stereocenters. The van der Waals surface area contributed by atoms with Crippen molar-refractivity contribution >= 4 is 22.9 Å². The third-order valence-corrected chi connectivity index (χ3v) is 3.68. The highest BCUT2D eigenvalue weighted by Crippen LogP contribution is 2.24. The fourth-order valence-corrected chi connectivity index (χ4v) is 2.69. The number of carbonyl (C=O) groups is 1. The maximum Gasteiger partial charge on any atom is 0.245 e. The number of hydrogen-bond donors (Lipinski definition) is 1. The second-order valence-electron chi connectivity index (χ2n) is 4.91. The average Bonchev–Trinajstić information content (AvgIpc) is 3.03. The summed E-state index contributed by atoms with van der Waals surface area (Å²) < 4.78 is 1.79.